The molecule has 0 saturated carbocycles. The molecule has 0 spiro atoms. The molecule has 0 bridgehead atoms. The summed E-state index contributed by atoms with van der Waals surface area (Å²) in [7, 11) is 3.36. The van der Waals surface area contributed by atoms with Gasteiger partial charge in [-0.25, -0.2) is 5.01 Å². The van der Waals surface area contributed by atoms with Crippen LogP contribution in [0.1, 0.15) is 35.4 Å². The number of hydrogen-bond acceptors (Lipinski definition) is 5. The fourth-order valence-corrected chi connectivity index (χ4v) is 4.03. The zero-order valence-corrected chi connectivity index (χ0v) is 16.4. The molecule has 5 nitrogen and oxygen atoms in total. The number of ether oxygens (including phenoxy) is 3. The maximum Gasteiger partial charge on any atom is 0.214 e. The molecule has 2 heterocycles. The maximum atomic E-state index is 6.40. The Bertz CT molecular complexity index is 1080. The summed E-state index contributed by atoms with van der Waals surface area (Å²) in [5, 5.41) is 7.07. The molecule has 0 radical (unpaired) electrons. The van der Waals surface area contributed by atoms with Gasteiger partial charge >= 0.3 is 0 Å². The fourth-order valence-electron chi connectivity index (χ4n) is 4.03. The minimum Gasteiger partial charge on any atom is -0.497 e. The van der Waals surface area contributed by atoms with Gasteiger partial charge in [-0.3, -0.25) is 0 Å². The molecular weight excluding hydrogens is 364 g/mol. The van der Waals surface area contributed by atoms with Gasteiger partial charge in [0.2, 0.25) is 6.23 Å². The molecule has 0 unspecified atom stereocenters. The van der Waals surface area contributed by atoms with Gasteiger partial charge in [0.1, 0.15) is 17.2 Å². The normalized spacial score (nSPS) is 19.7. The van der Waals surface area contributed by atoms with Crippen LogP contribution in [-0.4, -0.2) is 24.9 Å². The molecule has 29 heavy (non-hydrogen) atoms. The summed E-state index contributed by atoms with van der Waals surface area (Å²) in [6.45, 7) is 0. The first kappa shape index (κ1) is 17.6. The topological polar surface area (TPSA) is 43.3 Å². The van der Waals surface area contributed by atoms with E-state index in [1.54, 1.807) is 14.2 Å². The number of benzene rings is 3. The van der Waals surface area contributed by atoms with Crippen molar-refractivity contribution < 1.29 is 14.2 Å². The smallest absolute Gasteiger partial charge is 0.214 e. The van der Waals surface area contributed by atoms with Gasteiger partial charge in [0.15, 0.2) is 0 Å². The Hall–Kier alpha value is -3.47. The molecule has 3 aromatic rings. The monoisotopic (exact) mass is 386 g/mol. The van der Waals surface area contributed by atoms with Gasteiger partial charge < -0.3 is 14.2 Å². The molecule has 0 N–H and O–H groups in total. The van der Waals surface area contributed by atoms with Gasteiger partial charge in [0.05, 0.1) is 26.0 Å². The van der Waals surface area contributed by atoms with E-state index in [9.17, 15) is 0 Å². The molecule has 2 aliphatic heterocycles. The highest BCUT2D eigenvalue weighted by Gasteiger charge is 2.40. The summed E-state index contributed by atoms with van der Waals surface area (Å²) < 4.78 is 17.2. The number of hydrogen-bond donors (Lipinski definition) is 0. The van der Waals surface area contributed by atoms with Gasteiger partial charge in [-0.1, -0.05) is 42.5 Å². The SMILES string of the molecule is COc1cccc(C2=NN3[C@@H](c4cccc(OC)c4)Oc4ccccc4[C@@H]3C2)c1. The molecule has 0 aromatic heterocycles. The lowest BCUT2D eigenvalue weighted by atomic mass is 9.96. The first-order valence-corrected chi connectivity index (χ1v) is 9.66. The lowest BCUT2D eigenvalue weighted by Gasteiger charge is -2.38. The van der Waals surface area contributed by atoms with E-state index in [1.165, 1.54) is 0 Å². The zero-order chi connectivity index (χ0) is 19.8. The second kappa shape index (κ2) is 7.17. The Kier molecular flexibility index (Phi) is 4.35. The molecule has 3 aromatic carbocycles. The Morgan fingerprint density at radius 2 is 1.66 bits per heavy atom. The van der Waals surface area contributed by atoms with Crippen molar-refractivity contribution in [2.24, 2.45) is 5.10 Å². The Morgan fingerprint density at radius 1 is 0.897 bits per heavy atom. The molecule has 0 amide bonds. The standard InChI is InChI=1S/C24H22N2O3/c1-27-18-9-5-7-16(13-18)21-15-22-20-11-3-4-12-23(20)29-24(26(22)25-21)17-8-6-10-19(14-17)28-2/h3-14,22,24H,15H2,1-2H3/t22-,24+/m0/s1. The van der Waals surface area contributed by atoms with E-state index in [2.05, 4.69) is 29.3 Å². The van der Waals surface area contributed by atoms with Crippen molar-refractivity contribution >= 4 is 5.71 Å². The summed E-state index contributed by atoms with van der Waals surface area (Å²) in [6.07, 6.45) is 0.502. The predicted octanol–water partition coefficient (Wildman–Crippen LogP) is 4.95. The number of methoxy groups -OCH3 is 2. The van der Waals surface area contributed by atoms with Crippen LogP contribution in [0.5, 0.6) is 17.2 Å². The minimum absolute atomic E-state index is 0.123. The average Bonchev–Trinajstić information content (AvgIpc) is 3.24. The van der Waals surface area contributed by atoms with Gasteiger partial charge in [-0.2, -0.15) is 5.10 Å². The van der Waals surface area contributed by atoms with Crippen molar-refractivity contribution in [1.82, 2.24) is 5.01 Å². The van der Waals surface area contributed by atoms with E-state index >= 15 is 0 Å². The highest BCUT2D eigenvalue weighted by molar-refractivity contribution is 6.02. The summed E-state index contributed by atoms with van der Waals surface area (Å²) in [5.74, 6) is 2.54. The third-order valence-corrected chi connectivity index (χ3v) is 5.48. The van der Waals surface area contributed by atoms with E-state index in [-0.39, 0.29) is 12.3 Å². The van der Waals surface area contributed by atoms with Crippen molar-refractivity contribution in [3.05, 3.63) is 89.5 Å². The van der Waals surface area contributed by atoms with Crippen LogP contribution in [0, 0.1) is 0 Å². The first-order chi connectivity index (χ1) is 14.3. The summed E-state index contributed by atoms with van der Waals surface area (Å²) in [4.78, 5) is 0. The van der Waals surface area contributed by atoms with E-state index in [0.717, 1.165) is 46.1 Å². The molecule has 0 saturated heterocycles. The predicted molar refractivity (Wildman–Crippen MR) is 112 cm³/mol. The quantitative estimate of drug-likeness (QED) is 0.637. The van der Waals surface area contributed by atoms with Crippen LogP contribution in [0.4, 0.5) is 0 Å². The number of fused-ring (bicyclic) bond motifs is 3. The lowest BCUT2D eigenvalue weighted by Crippen LogP contribution is -2.33. The van der Waals surface area contributed by atoms with Gasteiger partial charge in [0, 0.05) is 23.1 Å². The lowest BCUT2D eigenvalue weighted by molar-refractivity contribution is -0.0191. The molecule has 5 heteroatoms. The van der Waals surface area contributed by atoms with E-state index < -0.39 is 0 Å². The zero-order valence-electron chi connectivity index (χ0n) is 16.4. The molecular formula is C24H22N2O3. The van der Waals surface area contributed by atoms with Gasteiger partial charge in [0.25, 0.3) is 0 Å². The molecule has 146 valence electrons. The average molecular weight is 386 g/mol. The van der Waals surface area contributed by atoms with Crippen LogP contribution < -0.4 is 14.2 Å². The molecule has 0 aliphatic carbocycles. The van der Waals surface area contributed by atoms with Gasteiger partial charge in [-0.05, 0) is 30.3 Å². The highest BCUT2D eigenvalue weighted by Crippen LogP contribution is 2.47. The Labute approximate surface area is 170 Å². The second-order valence-electron chi connectivity index (χ2n) is 7.16. The highest BCUT2D eigenvalue weighted by atomic mass is 16.5. The third-order valence-electron chi connectivity index (χ3n) is 5.48. The van der Waals surface area contributed by atoms with Crippen molar-refractivity contribution in [2.45, 2.75) is 18.7 Å². The van der Waals surface area contributed by atoms with Crippen LogP contribution in [0.3, 0.4) is 0 Å². The summed E-state index contributed by atoms with van der Waals surface area (Å²) in [5.41, 5.74) is 4.27. The summed E-state index contributed by atoms with van der Waals surface area (Å²) in [6, 6.07) is 24.4. The number of nitrogens with zero attached hydrogens (tertiary/aromatic N) is 2. The Morgan fingerprint density at radius 3 is 2.48 bits per heavy atom. The van der Waals surface area contributed by atoms with Crippen LogP contribution in [0.25, 0.3) is 0 Å². The van der Waals surface area contributed by atoms with E-state index in [1.807, 2.05) is 48.5 Å². The van der Waals surface area contributed by atoms with Crippen LogP contribution in [0.15, 0.2) is 77.9 Å². The number of para-hydroxylation sites is 1. The number of rotatable bonds is 4. The number of hydrazone groups is 1. The van der Waals surface area contributed by atoms with Crippen molar-refractivity contribution in [1.29, 1.82) is 0 Å². The molecule has 5 rings (SSSR count). The van der Waals surface area contributed by atoms with E-state index in [4.69, 9.17) is 19.3 Å². The second-order valence-corrected chi connectivity index (χ2v) is 7.16. The third kappa shape index (κ3) is 3.09. The maximum absolute atomic E-state index is 6.40. The summed E-state index contributed by atoms with van der Waals surface area (Å²) >= 11 is 0. The van der Waals surface area contributed by atoms with Crippen molar-refractivity contribution in [3.8, 4) is 17.2 Å². The van der Waals surface area contributed by atoms with Crippen LogP contribution in [0.2, 0.25) is 0 Å². The molecule has 2 atom stereocenters. The Balaban J connectivity index is 1.58. The van der Waals surface area contributed by atoms with Gasteiger partial charge in [-0.15, -0.1) is 0 Å². The molecule has 2 aliphatic rings. The van der Waals surface area contributed by atoms with Crippen LogP contribution in [-0.2, 0) is 0 Å². The van der Waals surface area contributed by atoms with E-state index in [0.29, 0.717) is 0 Å². The first-order valence-electron chi connectivity index (χ1n) is 9.66. The minimum atomic E-state index is -0.312. The van der Waals surface area contributed by atoms with Crippen molar-refractivity contribution in [2.75, 3.05) is 14.2 Å². The fraction of sp³-hybridized carbons (Fsp3) is 0.208. The largest absolute Gasteiger partial charge is 0.497 e. The molecule has 0 fully saturated rings. The van der Waals surface area contributed by atoms with Crippen LogP contribution >= 0.6 is 0 Å². The van der Waals surface area contributed by atoms with Crippen molar-refractivity contribution in [3.63, 3.8) is 0 Å².